The predicted octanol–water partition coefficient (Wildman–Crippen LogP) is 3.42. The minimum absolute atomic E-state index is 0.0104. The second-order valence-corrected chi connectivity index (χ2v) is 5.27. The van der Waals surface area contributed by atoms with Crippen molar-refractivity contribution in [3.8, 4) is 5.75 Å². The lowest BCUT2D eigenvalue weighted by Crippen LogP contribution is -2.26. The van der Waals surface area contributed by atoms with E-state index >= 15 is 0 Å². The number of ether oxygens (including phenoxy) is 1. The molecule has 0 bridgehead atoms. The molecule has 3 nitrogen and oxygen atoms in total. The molecule has 1 aromatic rings. The summed E-state index contributed by atoms with van der Waals surface area (Å²) in [6.07, 6.45) is 0.488. The Hall–Kier alpha value is -0.550. The molecule has 5 heteroatoms. The van der Waals surface area contributed by atoms with Crippen LogP contribution in [0, 0.1) is 0 Å². The average Bonchev–Trinajstić information content (AvgIpc) is 2.29. The quantitative estimate of drug-likeness (QED) is 0.813. The summed E-state index contributed by atoms with van der Waals surface area (Å²) >= 11 is 6.67. The van der Waals surface area contributed by atoms with Crippen LogP contribution in [0.25, 0.3) is 0 Å². The van der Waals surface area contributed by atoms with E-state index in [0.717, 1.165) is 15.8 Å². The predicted molar refractivity (Wildman–Crippen MR) is 75.7 cm³/mol. The van der Waals surface area contributed by atoms with Crippen molar-refractivity contribution >= 4 is 37.8 Å². The molecule has 0 heterocycles. The highest BCUT2D eigenvalue weighted by Crippen LogP contribution is 2.27. The summed E-state index contributed by atoms with van der Waals surface area (Å²) in [5, 5.41) is 3.61. The number of alkyl halides is 1. The maximum atomic E-state index is 11.5. The van der Waals surface area contributed by atoms with Gasteiger partial charge in [0, 0.05) is 11.8 Å². The number of amides is 1. The van der Waals surface area contributed by atoms with E-state index in [0.29, 0.717) is 11.8 Å². The second kappa shape index (κ2) is 7.01. The van der Waals surface area contributed by atoms with Gasteiger partial charge in [0.1, 0.15) is 5.75 Å². The Morgan fingerprint density at radius 3 is 2.76 bits per heavy atom. The molecule has 17 heavy (non-hydrogen) atoms. The normalized spacial score (nSPS) is 12.0. The summed E-state index contributed by atoms with van der Waals surface area (Å²) in [6.45, 7) is 1.96. The zero-order chi connectivity index (χ0) is 12.8. The molecule has 1 N–H and O–H groups in total. The topological polar surface area (TPSA) is 38.3 Å². The molecule has 0 fully saturated rings. The van der Waals surface area contributed by atoms with Crippen molar-refractivity contribution in [2.75, 3.05) is 12.4 Å². The number of hydrogen-bond donors (Lipinski definition) is 1. The van der Waals surface area contributed by atoms with Gasteiger partial charge in [-0.3, -0.25) is 4.79 Å². The van der Waals surface area contributed by atoms with Crippen molar-refractivity contribution in [2.45, 2.75) is 19.4 Å². The molecule has 0 saturated carbocycles. The summed E-state index contributed by atoms with van der Waals surface area (Å²) in [7, 11) is 1.63. The molecule has 0 aliphatic rings. The van der Waals surface area contributed by atoms with Gasteiger partial charge in [0.15, 0.2) is 0 Å². The maximum Gasteiger partial charge on any atom is 0.221 e. The number of nitrogens with one attached hydrogen (secondary N) is 1. The Balaban J connectivity index is 2.72. The third kappa shape index (κ3) is 4.32. The number of carbonyl (C=O) groups is 1. The van der Waals surface area contributed by atoms with Gasteiger partial charge in [0.05, 0.1) is 17.6 Å². The molecular formula is C12H15Br2NO2. The molecule has 0 saturated heterocycles. The second-order valence-electron chi connectivity index (χ2n) is 3.62. The number of carbonyl (C=O) groups excluding carboxylic acids is 1. The van der Waals surface area contributed by atoms with Crippen LogP contribution in [-0.2, 0) is 4.79 Å². The van der Waals surface area contributed by atoms with Crippen molar-refractivity contribution in [2.24, 2.45) is 0 Å². The lowest BCUT2D eigenvalue weighted by molar-refractivity contribution is -0.121. The Labute approximate surface area is 118 Å². The smallest absolute Gasteiger partial charge is 0.221 e. The Kier molecular flexibility index (Phi) is 5.98. The van der Waals surface area contributed by atoms with Gasteiger partial charge in [-0.05, 0) is 40.5 Å². The van der Waals surface area contributed by atoms with E-state index in [4.69, 9.17) is 4.74 Å². The third-order valence-electron chi connectivity index (χ3n) is 2.37. The zero-order valence-electron chi connectivity index (χ0n) is 9.80. The Bertz CT molecular complexity index is 396. The zero-order valence-corrected chi connectivity index (χ0v) is 13.0. The van der Waals surface area contributed by atoms with E-state index in [-0.39, 0.29) is 11.9 Å². The highest BCUT2D eigenvalue weighted by Gasteiger charge is 2.10. The van der Waals surface area contributed by atoms with Gasteiger partial charge >= 0.3 is 0 Å². The number of hydrogen-bond acceptors (Lipinski definition) is 2. The molecule has 0 aliphatic carbocycles. The number of methoxy groups -OCH3 is 1. The third-order valence-corrected chi connectivity index (χ3v) is 3.39. The lowest BCUT2D eigenvalue weighted by atomic mass is 10.1. The lowest BCUT2D eigenvalue weighted by Gasteiger charge is -2.15. The summed E-state index contributed by atoms with van der Waals surface area (Å²) in [5.74, 6) is 0.828. The summed E-state index contributed by atoms with van der Waals surface area (Å²) in [6, 6.07) is 5.77. The first-order valence-electron chi connectivity index (χ1n) is 5.27. The Morgan fingerprint density at radius 1 is 1.53 bits per heavy atom. The van der Waals surface area contributed by atoms with E-state index < -0.39 is 0 Å². The van der Waals surface area contributed by atoms with Gasteiger partial charge in [0.25, 0.3) is 0 Å². The standard InChI is InChI=1S/C12H15Br2NO2/c1-8(15-12(16)5-6-13)9-3-4-11(17-2)10(14)7-9/h3-4,7-8H,5-6H2,1-2H3,(H,15,16). The van der Waals surface area contributed by atoms with Gasteiger partial charge in [0.2, 0.25) is 5.91 Å². The first-order valence-corrected chi connectivity index (χ1v) is 7.18. The maximum absolute atomic E-state index is 11.5. The van der Waals surface area contributed by atoms with Crippen molar-refractivity contribution in [3.63, 3.8) is 0 Å². The minimum atomic E-state index is -0.0104. The van der Waals surface area contributed by atoms with E-state index in [1.54, 1.807) is 7.11 Å². The van der Waals surface area contributed by atoms with Crippen LogP contribution in [-0.4, -0.2) is 18.3 Å². The van der Waals surface area contributed by atoms with Crippen molar-refractivity contribution in [1.29, 1.82) is 0 Å². The monoisotopic (exact) mass is 363 g/mol. The number of halogens is 2. The van der Waals surface area contributed by atoms with Gasteiger partial charge in [-0.25, -0.2) is 0 Å². The van der Waals surface area contributed by atoms with Crippen LogP contribution >= 0.6 is 31.9 Å². The fraction of sp³-hybridized carbons (Fsp3) is 0.417. The summed E-state index contributed by atoms with van der Waals surface area (Å²) in [4.78, 5) is 11.5. The molecule has 1 atom stereocenters. The Morgan fingerprint density at radius 2 is 2.24 bits per heavy atom. The first-order chi connectivity index (χ1) is 8.08. The van der Waals surface area contributed by atoms with E-state index in [2.05, 4.69) is 37.2 Å². The van der Waals surface area contributed by atoms with E-state index in [9.17, 15) is 4.79 Å². The first kappa shape index (κ1) is 14.5. The van der Waals surface area contributed by atoms with Crippen LogP contribution < -0.4 is 10.1 Å². The van der Waals surface area contributed by atoms with Gasteiger partial charge < -0.3 is 10.1 Å². The molecule has 1 rings (SSSR count). The van der Waals surface area contributed by atoms with Gasteiger partial charge in [-0.15, -0.1) is 0 Å². The fourth-order valence-electron chi connectivity index (χ4n) is 1.43. The number of benzene rings is 1. The van der Waals surface area contributed by atoms with Gasteiger partial charge in [-0.2, -0.15) is 0 Å². The van der Waals surface area contributed by atoms with Gasteiger partial charge in [-0.1, -0.05) is 22.0 Å². The van der Waals surface area contributed by atoms with Crippen LogP contribution in [0.5, 0.6) is 5.75 Å². The average molecular weight is 365 g/mol. The molecule has 0 aliphatic heterocycles. The molecule has 94 valence electrons. The summed E-state index contributed by atoms with van der Waals surface area (Å²) < 4.78 is 6.05. The highest BCUT2D eigenvalue weighted by molar-refractivity contribution is 9.10. The van der Waals surface area contributed by atoms with E-state index in [1.807, 2.05) is 25.1 Å². The minimum Gasteiger partial charge on any atom is -0.496 e. The molecule has 0 aromatic heterocycles. The van der Waals surface area contributed by atoms with Crippen molar-refractivity contribution in [1.82, 2.24) is 5.32 Å². The van der Waals surface area contributed by atoms with Crippen molar-refractivity contribution in [3.05, 3.63) is 28.2 Å². The van der Waals surface area contributed by atoms with Crippen LogP contribution in [0.1, 0.15) is 24.9 Å². The number of rotatable bonds is 5. The molecule has 0 radical (unpaired) electrons. The molecule has 0 spiro atoms. The van der Waals surface area contributed by atoms with Crippen LogP contribution in [0.2, 0.25) is 0 Å². The van der Waals surface area contributed by atoms with E-state index in [1.165, 1.54) is 0 Å². The van der Waals surface area contributed by atoms with Crippen LogP contribution in [0.3, 0.4) is 0 Å². The molecular weight excluding hydrogens is 350 g/mol. The molecule has 1 unspecified atom stereocenters. The van der Waals surface area contributed by atoms with Crippen LogP contribution in [0.4, 0.5) is 0 Å². The highest BCUT2D eigenvalue weighted by atomic mass is 79.9. The largest absolute Gasteiger partial charge is 0.496 e. The molecule has 1 amide bonds. The fourth-order valence-corrected chi connectivity index (χ4v) is 2.35. The SMILES string of the molecule is COc1ccc(C(C)NC(=O)CCBr)cc1Br. The summed E-state index contributed by atoms with van der Waals surface area (Å²) in [5.41, 5.74) is 1.04. The van der Waals surface area contributed by atoms with Crippen molar-refractivity contribution < 1.29 is 9.53 Å². The molecule has 1 aromatic carbocycles. The van der Waals surface area contributed by atoms with Crippen LogP contribution in [0.15, 0.2) is 22.7 Å².